The normalized spacial score (nSPS) is 13.0. The van der Waals surface area contributed by atoms with Crippen molar-refractivity contribution in [2.75, 3.05) is 12.5 Å². The van der Waals surface area contributed by atoms with Crippen LogP contribution < -0.4 is 0 Å². The van der Waals surface area contributed by atoms with Crippen molar-refractivity contribution in [3.8, 4) is 0 Å². The van der Waals surface area contributed by atoms with Crippen LogP contribution in [0.15, 0.2) is 68.7 Å². The number of rotatable bonds is 14. The maximum atomic E-state index is 11.2. The highest BCUT2D eigenvalue weighted by Gasteiger charge is 2.13. The summed E-state index contributed by atoms with van der Waals surface area (Å²) in [5.41, 5.74) is 2.01. The molecule has 4 nitrogen and oxygen atoms in total. The van der Waals surface area contributed by atoms with Crippen molar-refractivity contribution in [3.05, 3.63) is 69.5 Å². The first-order valence-corrected chi connectivity index (χ1v) is 12.6. The number of benzene rings is 2. The molecule has 0 bridgehead atoms. The highest BCUT2D eigenvalue weighted by Crippen LogP contribution is 2.28. The Bertz CT molecular complexity index is 672. The van der Waals surface area contributed by atoms with Crippen molar-refractivity contribution in [1.29, 1.82) is 0 Å². The van der Waals surface area contributed by atoms with Gasteiger partial charge >= 0.3 is 0 Å². The Labute approximate surface area is 182 Å². The molecule has 0 aliphatic carbocycles. The quantitative estimate of drug-likeness (QED) is 0.172. The van der Waals surface area contributed by atoms with Gasteiger partial charge in [0.2, 0.25) is 0 Å². The van der Waals surface area contributed by atoms with E-state index in [1.807, 2.05) is 61.0 Å². The number of thioether (sulfide) groups is 2. The monoisotopic (exact) mass is 430 g/mol. The Hall–Kier alpha value is -1.66. The van der Waals surface area contributed by atoms with Crippen LogP contribution in [0.25, 0.3) is 0 Å². The number of nitrogens with zero attached hydrogens (tertiary/aromatic N) is 2. The van der Waals surface area contributed by atoms with Crippen LogP contribution in [0.4, 0.5) is 0 Å². The average Bonchev–Trinajstić information content (AvgIpc) is 2.78. The van der Waals surface area contributed by atoms with Gasteiger partial charge in [-0.15, -0.1) is 23.5 Å². The molecule has 0 saturated carbocycles. The average molecular weight is 431 g/mol. The van der Waals surface area contributed by atoms with Crippen LogP contribution in [0.5, 0.6) is 0 Å². The maximum absolute atomic E-state index is 11.2. The van der Waals surface area contributed by atoms with Crippen LogP contribution in [0, 0.1) is 9.81 Å². The van der Waals surface area contributed by atoms with E-state index in [-0.39, 0.29) is 12.1 Å². The van der Waals surface area contributed by atoms with Gasteiger partial charge in [0, 0.05) is 9.79 Å². The summed E-state index contributed by atoms with van der Waals surface area (Å²) in [5, 5.41) is 6.64. The van der Waals surface area contributed by atoms with Gasteiger partial charge < -0.3 is 0 Å². The van der Waals surface area contributed by atoms with E-state index in [1.54, 1.807) is 23.5 Å². The molecule has 2 rings (SSSR count). The molecule has 0 saturated heterocycles. The van der Waals surface area contributed by atoms with E-state index in [2.05, 4.69) is 10.4 Å². The molecule has 29 heavy (non-hydrogen) atoms. The Kier molecular flexibility index (Phi) is 11.0. The highest BCUT2D eigenvalue weighted by molar-refractivity contribution is 7.98. The van der Waals surface area contributed by atoms with Gasteiger partial charge in [-0.25, -0.2) is 0 Å². The van der Waals surface area contributed by atoms with E-state index in [0.717, 1.165) is 56.1 Å². The minimum atomic E-state index is -0.251. The van der Waals surface area contributed by atoms with Crippen LogP contribution in [-0.4, -0.2) is 12.5 Å². The lowest BCUT2D eigenvalue weighted by atomic mass is 9.98. The van der Waals surface area contributed by atoms with E-state index < -0.39 is 0 Å². The van der Waals surface area contributed by atoms with Crippen LogP contribution >= 0.6 is 23.5 Å². The van der Waals surface area contributed by atoms with Crippen molar-refractivity contribution in [1.82, 2.24) is 0 Å². The van der Waals surface area contributed by atoms with Crippen LogP contribution in [0.2, 0.25) is 0 Å². The van der Waals surface area contributed by atoms with Gasteiger partial charge in [0.25, 0.3) is 0 Å². The summed E-state index contributed by atoms with van der Waals surface area (Å²) in [6.45, 7) is 0. The topological polar surface area (TPSA) is 58.9 Å². The Morgan fingerprint density at radius 1 is 0.621 bits per heavy atom. The van der Waals surface area contributed by atoms with Crippen LogP contribution in [0.3, 0.4) is 0 Å². The maximum Gasteiger partial charge on any atom is 0.117 e. The number of nitroso groups, excluding NO2 is 2. The third kappa shape index (κ3) is 7.94. The number of unbranched alkanes of at least 4 members (excludes halogenated alkanes) is 4. The lowest BCUT2D eigenvalue weighted by Crippen LogP contribution is -1.96. The van der Waals surface area contributed by atoms with E-state index in [4.69, 9.17) is 0 Å². The summed E-state index contributed by atoms with van der Waals surface area (Å²) in [5.74, 6) is 0. The van der Waals surface area contributed by atoms with Crippen molar-refractivity contribution >= 4 is 23.5 Å². The van der Waals surface area contributed by atoms with Gasteiger partial charge in [0.05, 0.1) is 0 Å². The lowest BCUT2D eigenvalue weighted by Gasteiger charge is -2.11. The van der Waals surface area contributed by atoms with Gasteiger partial charge in [-0.3, -0.25) is 0 Å². The fourth-order valence-electron chi connectivity index (χ4n) is 3.42. The van der Waals surface area contributed by atoms with Gasteiger partial charge in [0.1, 0.15) is 12.1 Å². The third-order valence-corrected chi connectivity index (χ3v) is 6.70. The van der Waals surface area contributed by atoms with Crippen molar-refractivity contribution in [2.45, 2.75) is 66.8 Å². The second-order valence-electron chi connectivity index (χ2n) is 7.13. The minimum absolute atomic E-state index is 0.251. The first kappa shape index (κ1) is 23.6. The zero-order chi connectivity index (χ0) is 20.9. The molecule has 0 heterocycles. The summed E-state index contributed by atoms with van der Waals surface area (Å²) in [4.78, 5) is 24.8. The SMILES string of the molecule is CSc1ccc(C(CCCCCCCC(N=O)c2ccc(SC)cc2)N=O)cc1. The second-order valence-corrected chi connectivity index (χ2v) is 8.89. The molecule has 0 fully saturated rings. The smallest absolute Gasteiger partial charge is 0.117 e. The van der Waals surface area contributed by atoms with E-state index in [9.17, 15) is 9.81 Å². The lowest BCUT2D eigenvalue weighted by molar-refractivity contribution is 0.523. The molecule has 0 aliphatic rings. The molecule has 0 aliphatic heterocycles. The second kappa shape index (κ2) is 13.5. The molecule has 2 unspecified atom stereocenters. The molecule has 156 valence electrons. The first-order chi connectivity index (χ1) is 14.2. The van der Waals surface area contributed by atoms with Gasteiger partial charge in [-0.1, -0.05) is 66.7 Å². The summed E-state index contributed by atoms with van der Waals surface area (Å²) in [6, 6.07) is 15.7. The largest absolute Gasteiger partial charge is 0.150 e. The minimum Gasteiger partial charge on any atom is -0.150 e. The molecule has 2 aromatic carbocycles. The standard InChI is InChI=1S/C23H30N2O2S2/c1-28-20-14-10-18(11-15-20)22(24-26)8-6-4-3-5-7-9-23(25-27)19-12-16-21(29-2)17-13-19/h10-17,22-23H,3-9H2,1-2H3. The molecule has 0 aromatic heterocycles. The van der Waals surface area contributed by atoms with Crippen molar-refractivity contribution < 1.29 is 0 Å². The number of hydrogen-bond donors (Lipinski definition) is 0. The molecule has 0 radical (unpaired) electrons. The number of hydrogen-bond acceptors (Lipinski definition) is 6. The summed E-state index contributed by atoms with van der Waals surface area (Å²) < 4.78 is 0. The van der Waals surface area contributed by atoms with E-state index in [0.29, 0.717) is 0 Å². The molecular weight excluding hydrogens is 400 g/mol. The predicted octanol–water partition coefficient (Wildman–Crippen LogP) is 8.18. The van der Waals surface area contributed by atoms with Gasteiger partial charge in [0.15, 0.2) is 0 Å². The fourth-order valence-corrected chi connectivity index (χ4v) is 4.23. The van der Waals surface area contributed by atoms with Crippen LogP contribution in [0.1, 0.15) is 68.2 Å². The Morgan fingerprint density at radius 3 is 1.28 bits per heavy atom. The highest BCUT2D eigenvalue weighted by atomic mass is 32.2. The molecule has 0 N–H and O–H groups in total. The zero-order valence-corrected chi connectivity index (χ0v) is 18.9. The summed E-state index contributed by atoms with van der Waals surface area (Å²) in [6.07, 6.45) is 10.9. The molecular formula is C23H30N2O2S2. The van der Waals surface area contributed by atoms with Gasteiger partial charge in [-0.2, -0.15) is 9.81 Å². The fraction of sp³-hybridized carbons (Fsp3) is 0.478. The molecule has 2 atom stereocenters. The molecule has 0 amide bonds. The molecule has 2 aromatic rings. The van der Waals surface area contributed by atoms with Crippen molar-refractivity contribution in [3.63, 3.8) is 0 Å². The van der Waals surface area contributed by atoms with Crippen molar-refractivity contribution in [2.24, 2.45) is 10.4 Å². The molecule has 0 spiro atoms. The van der Waals surface area contributed by atoms with Gasteiger partial charge in [-0.05, 0) is 60.7 Å². The van der Waals surface area contributed by atoms with E-state index >= 15 is 0 Å². The Morgan fingerprint density at radius 2 is 0.966 bits per heavy atom. The zero-order valence-electron chi connectivity index (χ0n) is 17.3. The molecule has 6 heteroatoms. The first-order valence-electron chi connectivity index (χ1n) is 10.1. The van der Waals surface area contributed by atoms with E-state index in [1.165, 1.54) is 9.79 Å². The van der Waals surface area contributed by atoms with Crippen LogP contribution in [-0.2, 0) is 0 Å². The summed E-state index contributed by atoms with van der Waals surface area (Å²) in [7, 11) is 0. The predicted molar refractivity (Wildman–Crippen MR) is 126 cm³/mol. The summed E-state index contributed by atoms with van der Waals surface area (Å²) >= 11 is 3.39. The Balaban J connectivity index is 1.65. The third-order valence-electron chi connectivity index (χ3n) is 5.21.